The van der Waals surface area contributed by atoms with E-state index < -0.39 is 10.0 Å². The topological polar surface area (TPSA) is 83.6 Å². The van der Waals surface area contributed by atoms with E-state index in [0.29, 0.717) is 26.1 Å². The lowest BCUT2D eigenvalue weighted by Gasteiger charge is -2.32. The molecule has 0 bridgehead atoms. The van der Waals surface area contributed by atoms with E-state index >= 15 is 0 Å². The summed E-state index contributed by atoms with van der Waals surface area (Å²) in [5.41, 5.74) is 5.35. The molecule has 6 heteroatoms. The fourth-order valence-corrected chi connectivity index (χ4v) is 3.79. The smallest absolute Gasteiger partial charge is 0.214 e. The number of sulfonamides is 1. The molecule has 1 heterocycles. The zero-order valence-corrected chi connectivity index (χ0v) is 11.3. The van der Waals surface area contributed by atoms with E-state index in [1.807, 2.05) is 0 Å². The lowest BCUT2D eigenvalue weighted by atomic mass is 9.93. The Morgan fingerprint density at radius 1 is 1.35 bits per heavy atom. The van der Waals surface area contributed by atoms with Crippen LogP contribution in [0.1, 0.15) is 32.6 Å². The van der Waals surface area contributed by atoms with Gasteiger partial charge in [-0.05, 0) is 45.1 Å². The molecule has 1 aliphatic heterocycles. The quantitative estimate of drug-likeness (QED) is 0.669. The van der Waals surface area contributed by atoms with Crippen molar-refractivity contribution < 1.29 is 13.5 Å². The molecule has 0 aromatic rings. The van der Waals surface area contributed by atoms with Gasteiger partial charge >= 0.3 is 0 Å². The molecule has 0 saturated carbocycles. The molecule has 1 rings (SSSR count). The van der Waals surface area contributed by atoms with Gasteiger partial charge in [-0.3, -0.25) is 0 Å². The molecule has 1 fully saturated rings. The van der Waals surface area contributed by atoms with Crippen LogP contribution in [0.4, 0.5) is 0 Å². The Labute approximate surface area is 104 Å². The van der Waals surface area contributed by atoms with E-state index in [9.17, 15) is 13.5 Å². The van der Waals surface area contributed by atoms with Crippen LogP contribution in [-0.2, 0) is 10.0 Å². The molecular weight excluding hydrogens is 240 g/mol. The molecule has 1 unspecified atom stereocenters. The van der Waals surface area contributed by atoms with E-state index in [0.717, 1.165) is 19.3 Å². The van der Waals surface area contributed by atoms with Crippen LogP contribution in [0.5, 0.6) is 0 Å². The predicted molar refractivity (Wildman–Crippen MR) is 68.1 cm³/mol. The first-order valence-electron chi connectivity index (χ1n) is 6.33. The van der Waals surface area contributed by atoms with Crippen molar-refractivity contribution >= 4 is 10.0 Å². The number of rotatable bonds is 6. The highest BCUT2D eigenvalue weighted by Crippen LogP contribution is 2.22. The summed E-state index contributed by atoms with van der Waals surface area (Å²) in [6.07, 6.45) is 2.57. The van der Waals surface area contributed by atoms with E-state index in [-0.39, 0.29) is 17.8 Å². The van der Waals surface area contributed by atoms with Crippen LogP contribution < -0.4 is 5.73 Å². The summed E-state index contributed by atoms with van der Waals surface area (Å²) >= 11 is 0. The first-order valence-corrected chi connectivity index (χ1v) is 7.94. The molecule has 1 atom stereocenters. The second-order valence-electron chi connectivity index (χ2n) is 4.79. The summed E-state index contributed by atoms with van der Waals surface area (Å²) in [5.74, 6) is 0.439. The average Bonchev–Trinajstić information content (AvgIpc) is 2.29. The lowest BCUT2D eigenvalue weighted by Crippen LogP contribution is -2.41. The van der Waals surface area contributed by atoms with Crippen molar-refractivity contribution in [1.29, 1.82) is 0 Å². The van der Waals surface area contributed by atoms with Gasteiger partial charge in [-0.1, -0.05) is 0 Å². The number of unbranched alkanes of at least 4 members (excludes halogenated alkanes) is 1. The van der Waals surface area contributed by atoms with Gasteiger partial charge < -0.3 is 10.8 Å². The highest BCUT2D eigenvalue weighted by molar-refractivity contribution is 7.89. The minimum atomic E-state index is -3.11. The van der Waals surface area contributed by atoms with Crippen LogP contribution >= 0.6 is 0 Å². The van der Waals surface area contributed by atoms with Gasteiger partial charge in [0.2, 0.25) is 10.0 Å². The summed E-state index contributed by atoms with van der Waals surface area (Å²) < 4.78 is 25.5. The molecule has 0 aromatic carbocycles. The Balaban J connectivity index is 2.41. The minimum absolute atomic E-state index is 0.198. The largest absolute Gasteiger partial charge is 0.393 e. The van der Waals surface area contributed by atoms with Gasteiger partial charge in [-0.25, -0.2) is 12.7 Å². The van der Waals surface area contributed by atoms with Crippen LogP contribution in [0.3, 0.4) is 0 Å². The number of nitrogens with zero attached hydrogens (tertiary/aromatic N) is 1. The third kappa shape index (κ3) is 4.54. The Kier molecular flexibility index (Phi) is 5.85. The van der Waals surface area contributed by atoms with Gasteiger partial charge in [0.15, 0.2) is 0 Å². The molecule has 0 amide bonds. The van der Waals surface area contributed by atoms with Crippen LogP contribution in [0.15, 0.2) is 0 Å². The zero-order valence-electron chi connectivity index (χ0n) is 10.5. The molecule has 17 heavy (non-hydrogen) atoms. The van der Waals surface area contributed by atoms with Gasteiger partial charge in [0.05, 0.1) is 11.9 Å². The van der Waals surface area contributed by atoms with Crippen molar-refractivity contribution in [2.24, 2.45) is 11.7 Å². The summed E-state index contributed by atoms with van der Waals surface area (Å²) in [6.45, 7) is 3.40. The van der Waals surface area contributed by atoms with E-state index in [4.69, 9.17) is 5.73 Å². The van der Waals surface area contributed by atoms with Gasteiger partial charge in [-0.15, -0.1) is 0 Å². The van der Waals surface area contributed by atoms with Gasteiger partial charge in [-0.2, -0.15) is 0 Å². The Morgan fingerprint density at radius 2 is 1.94 bits per heavy atom. The molecule has 0 radical (unpaired) electrons. The Hall–Kier alpha value is -0.170. The van der Waals surface area contributed by atoms with Crippen molar-refractivity contribution in [3.8, 4) is 0 Å². The average molecular weight is 264 g/mol. The van der Waals surface area contributed by atoms with E-state index in [2.05, 4.69) is 0 Å². The van der Waals surface area contributed by atoms with Crippen molar-refractivity contribution in [1.82, 2.24) is 4.31 Å². The normalized spacial score (nSPS) is 21.6. The van der Waals surface area contributed by atoms with Crippen molar-refractivity contribution in [2.45, 2.75) is 38.7 Å². The Morgan fingerprint density at radius 3 is 2.41 bits per heavy atom. The van der Waals surface area contributed by atoms with E-state index in [1.165, 1.54) is 0 Å². The molecule has 5 nitrogen and oxygen atoms in total. The predicted octanol–water partition coefficient (Wildman–Crippen LogP) is 0.148. The number of hydrogen-bond acceptors (Lipinski definition) is 4. The zero-order chi connectivity index (χ0) is 12.9. The second kappa shape index (κ2) is 6.68. The van der Waals surface area contributed by atoms with Gasteiger partial charge in [0.1, 0.15) is 0 Å². The SMILES string of the molecule is CC(O)C1CCN(S(=O)(=O)CCCCN)CC1. The summed E-state index contributed by atoms with van der Waals surface area (Å²) in [5, 5.41) is 9.46. The fourth-order valence-electron chi connectivity index (χ4n) is 2.19. The molecule has 102 valence electrons. The summed E-state index contributed by atoms with van der Waals surface area (Å²) in [4.78, 5) is 0. The number of piperidine rings is 1. The van der Waals surface area contributed by atoms with Crippen LogP contribution in [0, 0.1) is 5.92 Å². The first-order chi connectivity index (χ1) is 7.97. The number of nitrogens with two attached hydrogens (primary N) is 1. The third-order valence-electron chi connectivity index (χ3n) is 3.43. The van der Waals surface area contributed by atoms with E-state index in [1.54, 1.807) is 11.2 Å². The molecule has 0 aromatic heterocycles. The summed E-state index contributed by atoms with van der Waals surface area (Å²) in [6, 6.07) is 0. The van der Waals surface area contributed by atoms with Gasteiger partial charge in [0, 0.05) is 13.1 Å². The maximum atomic E-state index is 12.0. The van der Waals surface area contributed by atoms with Crippen LogP contribution in [0.25, 0.3) is 0 Å². The number of aliphatic hydroxyl groups excluding tert-OH is 1. The molecule has 1 aliphatic rings. The van der Waals surface area contributed by atoms with Crippen LogP contribution in [0.2, 0.25) is 0 Å². The molecule has 0 aliphatic carbocycles. The third-order valence-corrected chi connectivity index (χ3v) is 5.39. The van der Waals surface area contributed by atoms with Crippen molar-refractivity contribution in [3.63, 3.8) is 0 Å². The first kappa shape index (κ1) is 14.9. The minimum Gasteiger partial charge on any atom is -0.393 e. The fraction of sp³-hybridized carbons (Fsp3) is 1.00. The van der Waals surface area contributed by atoms with Gasteiger partial charge in [0.25, 0.3) is 0 Å². The molecule has 1 saturated heterocycles. The number of hydrogen-bond donors (Lipinski definition) is 2. The highest BCUT2D eigenvalue weighted by Gasteiger charge is 2.29. The van der Waals surface area contributed by atoms with Crippen LogP contribution in [-0.4, -0.2) is 49.3 Å². The maximum absolute atomic E-state index is 12.0. The highest BCUT2D eigenvalue weighted by atomic mass is 32.2. The molecule has 0 spiro atoms. The Bertz CT molecular complexity index is 309. The lowest BCUT2D eigenvalue weighted by molar-refractivity contribution is 0.0912. The molecular formula is C11H24N2O3S. The van der Waals surface area contributed by atoms with Crippen molar-refractivity contribution in [2.75, 3.05) is 25.4 Å². The summed E-state index contributed by atoms with van der Waals surface area (Å²) in [7, 11) is -3.11. The number of aliphatic hydroxyl groups is 1. The molecule has 3 N–H and O–H groups in total. The monoisotopic (exact) mass is 264 g/mol. The standard InChI is InChI=1S/C11H24N2O3S/c1-10(14)11-4-7-13(8-5-11)17(15,16)9-3-2-6-12/h10-11,14H,2-9,12H2,1H3. The van der Waals surface area contributed by atoms with Crippen molar-refractivity contribution in [3.05, 3.63) is 0 Å². The second-order valence-corrected chi connectivity index (χ2v) is 6.88. The maximum Gasteiger partial charge on any atom is 0.214 e.